The van der Waals surface area contributed by atoms with Gasteiger partial charge in [0, 0.05) is 5.54 Å². The number of rotatable bonds is 3. The highest BCUT2D eigenvalue weighted by molar-refractivity contribution is 6.04. The first-order valence-corrected chi connectivity index (χ1v) is 5.92. The smallest absolute Gasteiger partial charge is 0.233 e. The normalized spacial score (nSPS) is 10.4. The van der Waals surface area contributed by atoms with E-state index in [1.807, 2.05) is 26.8 Å². The fraction of sp³-hybridized carbons (Fsp3) is 0.357. The van der Waals surface area contributed by atoms with E-state index in [4.69, 9.17) is 5.26 Å². The summed E-state index contributed by atoms with van der Waals surface area (Å²) in [6.07, 6.45) is -0.267. The summed E-state index contributed by atoms with van der Waals surface area (Å²) in [4.78, 5) is 23.3. The molecule has 0 unspecified atom stereocenters. The Morgan fingerprint density at radius 1 is 1.21 bits per heavy atom. The van der Waals surface area contributed by atoms with Crippen LogP contribution in [0.2, 0.25) is 0 Å². The molecule has 1 aromatic rings. The topological polar surface area (TPSA) is 82.0 Å². The van der Waals surface area contributed by atoms with E-state index in [1.165, 1.54) is 0 Å². The summed E-state index contributed by atoms with van der Waals surface area (Å²) in [6, 6.07) is 8.63. The Morgan fingerprint density at radius 3 is 2.42 bits per heavy atom. The fourth-order valence-electron chi connectivity index (χ4n) is 1.49. The van der Waals surface area contributed by atoms with E-state index in [2.05, 4.69) is 10.6 Å². The first kappa shape index (κ1) is 14.7. The lowest BCUT2D eigenvalue weighted by Crippen LogP contribution is -2.41. The van der Waals surface area contributed by atoms with Gasteiger partial charge in [-0.1, -0.05) is 12.1 Å². The third-order valence-corrected chi connectivity index (χ3v) is 2.16. The van der Waals surface area contributed by atoms with Gasteiger partial charge in [0.1, 0.15) is 12.5 Å². The minimum absolute atomic E-state index is 0.267. The van der Waals surface area contributed by atoms with Gasteiger partial charge < -0.3 is 10.6 Å². The average molecular weight is 259 g/mol. The van der Waals surface area contributed by atoms with Crippen LogP contribution in [0.25, 0.3) is 0 Å². The molecule has 2 amide bonds. The second-order valence-corrected chi connectivity index (χ2v) is 5.18. The number of nitrogens with one attached hydrogen (secondary N) is 2. The van der Waals surface area contributed by atoms with Gasteiger partial charge in [-0.25, -0.2) is 0 Å². The third kappa shape index (κ3) is 5.21. The van der Waals surface area contributed by atoms with Crippen LogP contribution in [0.3, 0.4) is 0 Å². The first-order valence-electron chi connectivity index (χ1n) is 5.92. The van der Waals surface area contributed by atoms with Crippen LogP contribution in [-0.2, 0) is 9.59 Å². The van der Waals surface area contributed by atoms with Gasteiger partial charge >= 0.3 is 0 Å². The number of carbonyl (C=O) groups is 2. The number of carbonyl (C=O) groups excluding carboxylic acids is 2. The van der Waals surface area contributed by atoms with E-state index in [9.17, 15) is 9.59 Å². The lowest BCUT2D eigenvalue weighted by molar-refractivity contribution is -0.127. The highest BCUT2D eigenvalue weighted by atomic mass is 16.2. The van der Waals surface area contributed by atoms with Crippen LogP contribution < -0.4 is 10.6 Å². The number of hydrogen-bond donors (Lipinski definition) is 2. The van der Waals surface area contributed by atoms with Crippen molar-refractivity contribution in [2.45, 2.75) is 32.7 Å². The van der Waals surface area contributed by atoms with Crippen molar-refractivity contribution in [2.75, 3.05) is 5.32 Å². The highest BCUT2D eigenvalue weighted by Crippen LogP contribution is 2.13. The van der Waals surface area contributed by atoms with Crippen LogP contribution in [-0.4, -0.2) is 17.4 Å². The van der Waals surface area contributed by atoms with E-state index < -0.39 is 5.91 Å². The van der Waals surface area contributed by atoms with Gasteiger partial charge in [0.25, 0.3) is 0 Å². The Balaban J connectivity index is 2.62. The van der Waals surface area contributed by atoms with Crippen molar-refractivity contribution in [3.05, 3.63) is 29.8 Å². The molecule has 1 aromatic carbocycles. The second-order valence-electron chi connectivity index (χ2n) is 5.18. The molecule has 2 N–H and O–H groups in total. The molecule has 100 valence electrons. The van der Waals surface area contributed by atoms with E-state index >= 15 is 0 Å². The Bertz CT molecular complexity index is 524. The maximum absolute atomic E-state index is 11.7. The van der Waals surface area contributed by atoms with E-state index in [0.29, 0.717) is 11.3 Å². The summed E-state index contributed by atoms with van der Waals surface area (Å²) in [5, 5.41) is 14.1. The predicted octanol–water partition coefficient (Wildman–Crippen LogP) is 1.80. The summed E-state index contributed by atoms with van der Waals surface area (Å²) in [5.74, 6) is -0.788. The molecule has 0 aliphatic heterocycles. The van der Waals surface area contributed by atoms with Gasteiger partial charge in [-0.3, -0.25) is 9.59 Å². The van der Waals surface area contributed by atoms with Crippen LogP contribution in [0.1, 0.15) is 32.8 Å². The molecule has 0 bridgehead atoms. The molecule has 5 nitrogen and oxygen atoms in total. The monoisotopic (exact) mass is 259 g/mol. The maximum atomic E-state index is 11.7. The van der Waals surface area contributed by atoms with Crippen LogP contribution in [0.5, 0.6) is 0 Å². The zero-order valence-corrected chi connectivity index (χ0v) is 11.3. The molecular formula is C14H17N3O2. The van der Waals surface area contributed by atoms with Crippen molar-refractivity contribution in [2.24, 2.45) is 0 Å². The number of hydrogen-bond acceptors (Lipinski definition) is 3. The molecule has 1 rings (SSSR count). The van der Waals surface area contributed by atoms with Crippen molar-refractivity contribution in [3.8, 4) is 6.07 Å². The molecule has 19 heavy (non-hydrogen) atoms. The van der Waals surface area contributed by atoms with Crippen molar-refractivity contribution >= 4 is 17.5 Å². The van der Waals surface area contributed by atoms with Gasteiger partial charge in [-0.05, 0) is 32.9 Å². The molecule has 0 aliphatic carbocycles. The van der Waals surface area contributed by atoms with Crippen LogP contribution in [0.15, 0.2) is 24.3 Å². The van der Waals surface area contributed by atoms with Crippen LogP contribution in [0.4, 0.5) is 5.69 Å². The highest BCUT2D eigenvalue weighted by Gasteiger charge is 2.17. The van der Waals surface area contributed by atoms with E-state index in [1.54, 1.807) is 24.3 Å². The van der Waals surface area contributed by atoms with Gasteiger partial charge in [0.15, 0.2) is 0 Å². The molecular weight excluding hydrogens is 242 g/mol. The molecule has 0 saturated heterocycles. The van der Waals surface area contributed by atoms with Crippen molar-refractivity contribution in [1.82, 2.24) is 5.32 Å². The van der Waals surface area contributed by atoms with Gasteiger partial charge in [-0.2, -0.15) is 5.26 Å². The Labute approximate surface area is 112 Å². The molecule has 0 saturated carbocycles. The predicted molar refractivity (Wildman–Crippen MR) is 72.3 cm³/mol. The molecule has 5 heteroatoms. The number of anilines is 1. The van der Waals surface area contributed by atoms with Gasteiger partial charge in [-0.15, -0.1) is 0 Å². The largest absolute Gasteiger partial charge is 0.351 e. The third-order valence-electron chi connectivity index (χ3n) is 2.16. The Morgan fingerprint density at radius 2 is 1.84 bits per heavy atom. The number of benzene rings is 1. The average Bonchev–Trinajstić information content (AvgIpc) is 2.26. The fourth-order valence-corrected chi connectivity index (χ4v) is 1.49. The summed E-state index contributed by atoms with van der Waals surface area (Å²) >= 11 is 0. The first-order chi connectivity index (χ1) is 8.81. The Kier molecular flexibility index (Phi) is 4.65. The summed E-state index contributed by atoms with van der Waals surface area (Å²) in [5.41, 5.74) is 0.410. The number of amides is 2. The molecule has 0 aliphatic rings. The lowest BCUT2D eigenvalue weighted by Gasteiger charge is -2.20. The van der Waals surface area contributed by atoms with Crippen molar-refractivity contribution in [1.29, 1.82) is 5.26 Å². The summed E-state index contributed by atoms with van der Waals surface area (Å²) < 4.78 is 0. The SMILES string of the molecule is CC(C)(C)NC(=O)CC(=O)Nc1ccccc1C#N. The maximum Gasteiger partial charge on any atom is 0.233 e. The van der Waals surface area contributed by atoms with Gasteiger partial charge in [0.2, 0.25) is 11.8 Å². The molecule has 0 atom stereocenters. The molecule has 0 heterocycles. The molecule has 0 aromatic heterocycles. The number of para-hydroxylation sites is 1. The minimum Gasteiger partial charge on any atom is -0.351 e. The van der Waals surface area contributed by atoms with Crippen LogP contribution in [0, 0.1) is 11.3 Å². The van der Waals surface area contributed by atoms with Crippen LogP contribution >= 0.6 is 0 Å². The molecule has 0 fully saturated rings. The zero-order chi connectivity index (χ0) is 14.5. The Hall–Kier alpha value is -2.35. The standard InChI is InChI=1S/C14H17N3O2/c1-14(2,3)17-13(19)8-12(18)16-11-7-5-4-6-10(11)9-15/h4-7H,8H2,1-3H3,(H,16,18)(H,17,19). The number of nitriles is 1. The summed E-state index contributed by atoms with van der Waals surface area (Å²) in [6.45, 7) is 5.52. The summed E-state index contributed by atoms with van der Waals surface area (Å²) in [7, 11) is 0. The number of nitrogens with zero attached hydrogens (tertiary/aromatic N) is 1. The molecule has 0 radical (unpaired) electrons. The van der Waals surface area contributed by atoms with Crippen molar-refractivity contribution in [3.63, 3.8) is 0 Å². The quantitative estimate of drug-likeness (QED) is 0.812. The molecule has 0 spiro atoms. The lowest BCUT2D eigenvalue weighted by atomic mass is 10.1. The zero-order valence-electron chi connectivity index (χ0n) is 11.3. The minimum atomic E-state index is -0.440. The van der Waals surface area contributed by atoms with E-state index in [0.717, 1.165) is 0 Å². The van der Waals surface area contributed by atoms with E-state index in [-0.39, 0.29) is 17.9 Å². The van der Waals surface area contributed by atoms with Gasteiger partial charge in [0.05, 0.1) is 11.3 Å². The second kappa shape index (κ2) is 6.01. The van der Waals surface area contributed by atoms with Crippen molar-refractivity contribution < 1.29 is 9.59 Å².